The van der Waals surface area contributed by atoms with Gasteiger partial charge in [0.15, 0.2) is 16.6 Å². The van der Waals surface area contributed by atoms with Gasteiger partial charge in [0.1, 0.15) is 13.2 Å². The summed E-state index contributed by atoms with van der Waals surface area (Å²) in [6.07, 6.45) is 1.13. The predicted octanol–water partition coefficient (Wildman–Crippen LogP) is 3.74. The fourth-order valence-corrected chi connectivity index (χ4v) is 5.20. The number of aromatic nitrogens is 1. The van der Waals surface area contributed by atoms with E-state index >= 15 is 0 Å². The van der Waals surface area contributed by atoms with E-state index in [-0.39, 0.29) is 43.0 Å². The zero-order chi connectivity index (χ0) is 24.5. The first kappa shape index (κ1) is 25.9. The molecule has 0 N–H and O–H groups in total. The Morgan fingerprint density at radius 2 is 1.72 bits per heavy atom. The van der Waals surface area contributed by atoms with Gasteiger partial charge < -0.3 is 14.4 Å². The van der Waals surface area contributed by atoms with E-state index in [4.69, 9.17) is 14.5 Å². The number of nitrogens with zero attached hydrogens (tertiary/aromatic N) is 4. The number of hydrogen-bond donors (Lipinski definition) is 0. The van der Waals surface area contributed by atoms with Crippen molar-refractivity contribution in [1.82, 2.24) is 9.88 Å². The number of halogens is 1. The number of carbonyl (C=O) groups is 3. The van der Waals surface area contributed by atoms with Crippen molar-refractivity contribution in [1.29, 1.82) is 0 Å². The van der Waals surface area contributed by atoms with Gasteiger partial charge in [-0.1, -0.05) is 17.4 Å². The first-order valence-electron chi connectivity index (χ1n) is 11.5. The first-order valence-corrected chi connectivity index (χ1v) is 12.3. The molecule has 2 aromatic carbocycles. The number of fused-ring (bicyclic) bond motifs is 2. The summed E-state index contributed by atoms with van der Waals surface area (Å²) in [6, 6.07) is 10.4. The molecule has 0 bridgehead atoms. The van der Waals surface area contributed by atoms with E-state index in [2.05, 4.69) is 4.90 Å². The summed E-state index contributed by atoms with van der Waals surface area (Å²) in [5.41, 5.74) is 1.55. The van der Waals surface area contributed by atoms with E-state index in [1.54, 1.807) is 29.2 Å². The summed E-state index contributed by atoms with van der Waals surface area (Å²) < 4.78 is 12.3. The van der Waals surface area contributed by atoms with E-state index in [9.17, 15) is 14.4 Å². The molecule has 0 unspecified atom stereocenters. The van der Waals surface area contributed by atoms with Crippen molar-refractivity contribution in [2.75, 3.05) is 50.2 Å². The van der Waals surface area contributed by atoms with Crippen molar-refractivity contribution in [3.05, 3.63) is 42.0 Å². The van der Waals surface area contributed by atoms with Gasteiger partial charge in [0.25, 0.3) is 5.91 Å². The lowest BCUT2D eigenvalue weighted by molar-refractivity contribution is -0.121. The summed E-state index contributed by atoms with van der Waals surface area (Å²) in [5, 5.41) is 0.574. The molecule has 1 fully saturated rings. The van der Waals surface area contributed by atoms with Crippen molar-refractivity contribution >= 4 is 62.5 Å². The van der Waals surface area contributed by atoms with Crippen LogP contribution in [0.25, 0.3) is 10.2 Å². The molecule has 0 atom stereocenters. The van der Waals surface area contributed by atoms with Gasteiger partial charge in [0, 0.05) is 37.1 Å². The number of anilines is 2. The molecule has 3 aromatic rings. The number of hydrogen-bond acceptors (Lipinski definition) is 8. The zero-order valence-electron chi connectivity index (χ0n) is 20.1. The van der Waals surface area contributed by atoms with Crippen LogP contribution in [0.4, 0.5) is 10.8 Å². The summed E-state index contributed by atoms with van der Waals surface area (Å²) in [4.78, 5) is 47.8. The SMILES string of the molecule is CN(C)CCCN(C(=O)c1cccc(N2C(=O)CCC2=O)c1)c1nc2cc3c(cc2s1)OCCO3.Cl. The van der Waals surface area contributed by atoms with Crippen LogP contribution in [0.3, 0.4) is 0 Å². The second kappa shape index (κ2) is 10.8. The maximum absolute atomic E-state index is 13.7. The molecule has 9 nitrogen and oxygen atoms in total. The Morgan fingerprint density at radius 3 is 2.42 bits per heavy atom. The van der Waals surface area contributed by atoms with Crippen molar-refractivity contribution in [3.63, 3.8) is 0 Å². The third-order valence-electron chi connectivity index (χ3n) is 5.91. The zero-order valence-corrected chi connectivity index (χ0v) is 21.7. The largest absolute Gasteiger partial charge is 0.486 e. The Bertz CT molecular complexity index is 1250. The maximum Gasteiger partial charge on any atom is 0.260 e. The molecule has 0 radical (unpaired) electrons. The van der Waals surface area contributed by atoms with Crippen molar-refractivity contribution in [3.8, 4) is 11.5 Å². The van der Waals surface area contributed by atoms with Crippen molar-refractivity contribution < 1.29 is 23.9 Å². The smallest absolute Gasteiger partial charge is 0.260 e. The number of ether oxygens (including phenoxy) is 2. The number of benzene rings is 2. The number of thiazole rings is 1. The second-order valence-electron chi connectivity index (χ2n) is 8.75. The third-order valence-corrected chi connectivity index (χ3v) is 6.95. The second-order valence-corrected chi connectivity index (χ2v) is 9.76. The highest BCUT2D eigenvalue weighted by Gasteiger charge is 2.31. The Balaban J connectivity index is 0.00000304. The van der Waals surface area contributed by atoms with Gasteiger partial charge in [-0.25, -0.2) is 4.98 Å². The van der Waals surface area contributed by atoms with E-state index in [0.717, 1.165) is 28.1 Å². The lowest BCUT2D eigenvalue weighted by Crippen LogP contribution is -2.34. The molecular formula is C25H27ClN4O5S. The normalized spacial score (nSPS) is 14.9. The predicted molar refractivity (Wildman–Crippen MR) is 141 cm³/mol. The van der Waals surface area contributed by atoms with Gasteiger partial charge in [-0.15, -0.1) is 12.4 Å². The molecule has 36 heavy (non-hydrogen) atoms. The minimum atomic E-state index is -0.248. The van der Waals surface area contributed by atoms with Crippen LogP contribution < -0.4 is 19.3 Å². The number of amides is 3. The molecule has 0 aliphatic carbocycles. The van der Waals surface area contributed by atoms with Gasteiger partial charge in [-0.05, 0) is 45.3 Å². The summed E-state index contributed by atoms with van der Waals surface area (Å²) in [6.45, 7) is 2.26. The van der Waals surface area contributed by atoms with Crippen LogP contribution in [-0.2, 0) is 9.59 Å². The van der Waals surface area contributed by atoms with Crippen LogP contribution in [0.2, 0.25) is 0 Å². The summed E-state index contributed by atoms with van der Waals surface area (Å²) in [7, 11) is 3.98. The molecule has 3 amide bonds. The highest BCUT2D eigenvalue weighted by molar-refractivity contribution is 7.22. The van der Waals surface area contributed by atoms with Crippen LogP contribution in [0.15, 0.2) is 36.4 Å². The molecule has 2 aliphatic heterocycles. The minimum absolute atomic E-state index is 0. The fourth-order valence-electron chi connectivity index (χ4n) is 4.20. The molecule has 0 spiro atoms. The number of rotatable bonds is 7. The lowest BCUT2D eigenvalue weighted by Gasteiger charge is -2.22. The molecule has 11 heteroatoms. The number of imide groups is 1. The summed E-state index contributed by atoms with van der Waals surface area (Å²) in [5.74, 6) is 0.598. The Morgan fingerprint density at radius 1 is 1.03 bits per heavy atom. The average Bonchev–Trinajstić information content (AvgIpc) is 3.41. The Labute approximate surface area is 219 Å². The molecule has 2 aliphatic rings. The molecule has 1 aromatic heterocycles. The highest BCUT2D eigenvalue weighted by Crippen LogP contribution is 2.39. The van der Waals surface area contributed by atoms with E-state index in [0.29, 0.717) is 47.6 Å². The highest BCUT2D eigenvalue weighted by atomic mass is 35.5. The molecule has 190 valence electrons. The fraction of sp³-hybridized carbons (Fsp3) is 0.360. The topological polar surface area (TPSA) is 92.3 Å². The van der Waals surface area contributed by atoms with Crippen LogP contribution in [0, 0.1) is 0 Å². The molecule has 5 rings (SSSR count). The third kappa shape index (κ3) is 5.16. The maximum atomic E-state index is 13.7. The van der Waals surface area contributed by atoms with Gasteiger partial charge in [0.05, 0.1) is 15.9 Å². The monoisotopic (exact) mass is 530 g/mol. The van der Waals surface area contributed by atoms with Crippen molar-refractivity contribution in [2.24, 2.45) is 0 Å². The summed E-state index contributed by atoms with van der Waals surface area (Å²) >= 11 is 1.42. The minimum Gasteiger partial charge on any atom is -0.486 e. The van der Waals surface area contributed by atoms with Gasteiger partial charge in [-0.3, -0.25) is 24.2 Å². The van der Waals surface area contributed by atoms with E-state index in [1.807, 2.05) is 26.2 Å². The first-order chi connectivity index (χ1) is 16.9. The molecular weight excluding hydrogens is 504 g/mol. The lowest BCUT2D eigenvalue weighted by atomic mass is 10.1. The van der Waals surface area contributed by atoms with Gasteiger partial charge in [-0.2, -0.15) is 0 Å². The van der Waals surface area contributed by atoms with Crippen LogP contribution in [-0.4, -0.2) is 68.0 Å². The quantitative estimate of drug-likeness (QED) is 0.430. The van der Waals surface area contributed by atoms with Gasteiger partial charge in [0.2, 0.25) is 11.8 Å². The van der Waals surface area contributed by atoms with Crippen molar-refractivity contribution in [2.45, 2.75) is 19.3 Å². The Hall–Kier alpha value is -3.21. The molecule has 1 saturated heterocycles. The van der Waals surface area contributed by atoms with Crippen LogP contribution in [0.5, 0.6) is 11.5 Å². The van der Waals surface area contributed by atoms with Crippen LogP contribution in [0.1, 0.15) is 29.6 Å². The van der Waals surface area contributed by atoms with E-state index < -0.39 is 0 Å². The molecule has 3 heterocycles. The number of carbonyl (C=O) groups excluding carboxylic acids is 3. The standard InChI is InChI=1S/C25H26N4O5S.ClH/c1-27(2)9-4-10-28(25-26-18-14-19-20(15-21(18)35-25)34-12-11-33-19)24(32)16-5-3-6-17(13-16)29-22(30)7-8-23(29)31;/h3,5-6,13-15H,4,7-12H2,1-2H3;1H. The van der Waals surface area contributed by atoms with Crippen LogP contribution >= 0.6 is 23.7 Å². The van der Waals surface area contributed by atoms with Gasteiger partial charge >= 0.3 is 0 Å². The molecule has 0 saturated carbocycles. The average molecular weight is 531 g/mol. The Kier molecular flexibility index (Phi) is 7.77. The van der Waals surface area contributed by atoms with E-state index in [1.165, 1.54) is 11.3 Å².